The van der Waals surface area contributed by atoms with E-state index in [9.17, 15) is 9.90 Å². The molecule has 0 saturated heterocycles. The van der Waals surface area contributed by atoms with Crippen molar-refractivity contribution in [2.75, 3.05) is 7.11 Å². The molecule has 5 heteroatoms. The van der Waals surface area contributed by atoms with Crippen molar-refractivity contribution in [1.82, 2.24) is 0 Å². The van der Waals surface area contributed by atoms with Crippen molar-refractivity contribution in [1.29, 1.82) is 0 Å². The largest absolute Gasteiger partial charge is 0.508 e. The van der Waals surface area contributed by atoms with Gasteiger partial charge in [-0.15, -0.1) is 0 Å². The number of phenols is 1. The van der Waals surface area contributed by atoms with E-state index in [1.807, 2.05) is 12.1 Å². The molecule has 0 spiro atoms. The Labute approximate surface area is 129 Å². The molecule has 0 aromatic heterocycles. The number of methoxy groups -OCH3 is 1. The van der Waals surface area contributed by atoms with Crippen molar-refractivity contribution in [3.8, 4) is 17.2 Å². The Kier molecular flexibility index (Phi) is 3.43. The van der Waals surface area contributed by atoms with Crippen LogP contribution in [0.3, 0.4) is 0 Å². The van der Waals surface area contributed by atoms with Crippen LogP contribution < -0.4 is 9.47 Å². The summed E-state index contributed by atoms with van der Waals surface area (Å²) < 4.78 is 11.5. The highest BCUT2D eigenvalue weighted by Gasteiger charge is 2.27. The number of phenolic OH excluding ortho intramolecular Hbond substituents is 1. The molecule has 0 unspecified atom stereocenters. The quantitative estimate of drug-likeness (QED) is 0.840. The third-order valence-corrected chi connectivity index (χ3v) is 3.75. The van der Waals surface area contributed by atoms with Gasteiger partial charge in [-0.1, -0.05) is 6.07 Å². The first-order valence-corrected chi connectivity index (χ1v) is 6.98. The number of ketones is 1. The Morgan fingerprint density at radius 2 is 2.05 bits per heavy atom. The number of rotatable bonds is 2. The van der Waals surface area contributed by atoms with Crippen molar-refractivity contribution >= 4 is 27.8 Å². The second kappa shape index (κ2) is 5.26. The summed E-state index contributed by atoms with van der Waals surface area (Å²) >= 11 is 3.40. The zero-order chi connectivity index (χ0) is 15.0. The van der Waals surface area contributed by atoms with Crippen LogP contribution in [-0.2, 0) is 0 Å². The fourth-order valence-electron chi connectivity index (χ4n) is 2.10. The minimum atomic E-state index is -0.197. The van der Waals surface area contributed by atoms with E-state index in [2.05, 4.69) is 15.9 Å². The standard InChI is InChI=1S/C16H11BrO4/c1-20-13-5-2-9(6-12(13)17)7-15-16(19)11-4-3-10(18)8-14(11)21-15/h2-8,18H,1H3/b15-7-. The molecule has 2 aromatic carbocycles. The summed E-state index contributed by atoms with van der Waals surface area (Å²) in [5.74, 6) is 1.18. The maximum absolute atomic E-state index is 12.2. The van der Waals surface area contributed by atoms with E-state index in [4.69, 9.17) is 9.47 Å². The zero-order valence-corrected chi connectivity index (χ0v) is 12.7. The van der Waals surface area contributed by atoms with E-state index < -0.39 is 0 Å². The van der Waals surface area contributed by atoms with Crippen LogP contribution >= 0.6 is 15.9 Å². The van der Waals surface area contributed by atoms with E-state index in [1.165, 1.54) is 12.1 Å². The minimum Gasteiger partial charge on any atom is -0.508 e. The van der Waals surface area contributed by atoms with Gasteiger partial charge in [0, 0.05) is 6.07 Å². The fraction of sp³-hybridized carbons (Fsp3) is 0.0625. The minimum absolute atomic E-state index is 0.0648. The Morgan fingerprint density at radius 3 is 2.76 bits per heavy atom. The van der Waals surface area contributed by atoms with Crippen molar-refractivity contribution in [2.45, 2.75) is 0 Å². The molecule has 4 nitrogen and oxygen atoms in total. The van der Waals surface area contributed by atoms with Gasteiger partial charge in [0.2, 0.25) is 5.78 Å². The molecule has 21 heavy (non-hydrogen) atoms. The fourth-order valence-corrected chi connectivity index (χ4v) is 2.66. The van der Waals surface area contributed by atoms with Gasteiger partial charge in [-0.3, -0.25) is 4.79 Å². The van der Waals surface area contributed by atoms with Crippen molar-refractivity contribution < 1.29 is 19.4 Å². The summed E-state index contributed by atoms with van der Waals surface area (Å²) in [4.78, 5) is 12.2. The summed E-state index contributed by atoms with van der Waals surface area (Å²) in [6.07, 6.45) is 1.66. The summed E-state index contributed by atoms with van der Waals surface area (Å²) in [6, 6.07) is 9.91. The summed E-state index contributed by atoms with van der Waals surface area (Å²) in [7, 11) is 1.59. The highest BCUT2D eigenvalue weighted by Crippen LogP contribution is 2.35. The number of carbonyl (C=O) groups excluding carboxylic acids is 1. The smallest absolute Gasteiger partial charge is 0.231 e. The third kappa shape index (κ3) is 2.52. The highest BCUT2D eigenvalue weighted by atomic mass is 79.9. The highest BCUT2D eigenvalue weighted by molar-refractivity contribution is 9.10. The summed E-state index contributed by atoms with van der Waals surface area (Å²) in [6.45, 7) is 0. The molecule has 1 aliphatic heterocycles. The van der Waals surface area contributed by atoms with Gasteiger partial charge >= 0.3 is 0 Å². The molecule has 0 fully saturated rings. The van der Waals surface area contributed by atoms with Crippen LogP contribution in [0, 0.1) is 0 Å². The number of hydrogen-bond acceptors (Lipinski definition) is 4. The first-order chi connectivity index (χ1) is 10.1. The molecule has 1 heterocycles. The van der Waals surface area contributed by atoms with Crippen molar-refractivity contribution in [3.05, 3.63) is 57.8 Å². The number of halogens is 1. The molecule has 2 aromatic rings. The predicted molar refractivity (Wildman–Crippen MR) is 81.7 cm³/mol. The zero-order valence-electron chi connectivity index (χ0n) is 11.1. The summed E-state index contributed by atoms with van der Waals surface area (Å²) in [5, 5.41) is 9.42. The van der Waals surface area contributed by atoms with E-state index in [0.717, 1.165) is 10.0 Å². The Morgan fingerprint density at radius 1 is 1.24 bits per heavy atom. The molecule has 1 aliphatic rings. The lowest BCUT2D eigenvalue weighted by molar-refractivity contribution is 0.101. The number of allylic oxidation sites excluding steroid dienone is 1. The SMILES string of the molecule is COc1ccc(/C=C2\Oc3cc(O)ccc3C2=O)cc1Br. The number of aromatic hydroxyl groups is 1. The summed E-state index contributed by atoms with van der Waals surface area (Å²) in [5.41, 5.74) is 1.26. The van der Waals surface area contributed by atoms with Crippen molar-refractivity contribution in [3.63, 3.8) is 0 Å². The number of Topliss-reactive ketones (excluding diaryl/α,β-unsaturated/α-hetero) is 1. The molecule has 0 aliphatic carbocycles. The second-order valence-corrected chi connectivity index (χ2v) is 5.37. The van der Waals surface area contributed by atoms with Gasteiger partial charge in [-0.2, -0.15) is 0 Å². The lowest BCUT2D eigenvalue weighted by atomic mass is 10.1. The van der Waals surface area contributed by atoms with E-state index in [-0.39, 0.29) is 17.3 Å². The first kappa shape index (κ1) is 13.7. The van der Waals surface area contributed by atoms with Gasteiger partial charge in [0.1, 0.15) is 17.2 Å². The molecular formula is C16H11BrO4. The molecule has 106 valence electrons. The predicted octanol–water partition coefficient (Wildman–Crippen LogP) is 3.78. The van der Waals surface area contributed by atoms with Crippen LogP contribution in [0.15, 0.2) is 46.6 Å². The molecule has 3 rings (SSSR count). The van der Waals surface area contributed by atoms with E-state index in [1.54, 1.807) is 25.3 Å². The number of carbonyl (C=O) groups is 1. The molecule has 1 N–H and O–H groups in total. The third-order valence-electron chi connectivity index (χ3n) is 3.13. The number of fused-ring (bicyclic) bond motifs is 1. The van der Waals surface area contributed by atoms with Gasteiger partial charge in [-0.05, 0) is 51.8 Å². The second-order valence-electron chi connectivity index (χ2n) is 4.51. The molecule has 0 saturated carbocycles. The van der Waals surface area contributed by atoms with E-state index in [0.29, 0.717) is 17.1 Å². The average molecular weight is 347 g/mol. The molecule has 0 atom stereocenters. The molecule has 0 amide bonds. The van der Waals surface area contributed by atoms with Crippen LogP contribution in [0.5, 0.6) is 17.2 Å². The van der Waals surface area contributed by atoms with Crippen LogP contribution in [0.25, 0.3) is 6.08 Å². The van der Waals surface area contributed by atoms with Gasteiger partial charge < -0.3 is 14.6 Å². The topological polar surface area (TPSA) is 55.8 Å². The Hall–Kier alpha value is -2.27. The van der Waals surface area contributed by atoms with Crippen LogP contribution in [0.1, 0.15) is 15.9 Å². The average Bonchev–Trinajstić information content (AvgIpc) is 2.75. The monoisotopic (exact) mass is 346 g/mol. The van der Waals surface area contributed by atoms with Gasteiger partial charge in [0.25, 0.3) is 0 Å². The molecular weight excluding hydrogens is 336 g/mol. The van der Waals surface area contributed by atoms with Gasteiger partial charge in [-0.25, -0.2) is 0 Å². The van der Waals surface area contributed by atoms with Crippen LogP contribution in [0.4, 0.5) is 0 Å². The maximum atomic E-state index is 12.2. The lowest BCUT2D eigenvalue weighted by Crippen LogP contribution is -1.98. The van der Waals surface area contributed by atoms with Gasteiger partial charge in [0.15, 0.2) is 5.76 Å². The maximum Gasteiger partial charge on any atom is 0.231 e. The first-order valence-electron chi connectivity index (χ1n) is 6.19. The Balaban J connectivity index is 1.95. The normalized spacial score (nSPS) is 15.0. The number of benzene rings is 2. The van der Waals surface area contributed by atoms with Crippen LogP contribution in [-0.4, -0.2) is 18.0 Å². The molecule has 0 radical (unpaired) electrons. The van der Waals surface area contributed by atoms with E-state index >= 15 is 0 Å². The number of ether oxygens (including phenoxy) is 2. The Bertz CT molecular complexity index is 765. The molecule has 0 bridgehead atoms. The van der Waals surface area contributed by atoms with Gasteiger partial charge in [0.05, 0.1) is 17.1 Å². The van der Waals surface area contributed by atoms with Crippen molar-refractivity contribution in [2.24, 2.45) is 0 Å². The lowest BCUT2D eigenvalue weighted by Gasteiger charge is -2.04. The number of hydrogen-bond donors (Lipinski definition) is 1. The van der Waals surface area contributed by atoms with Crippen LogP contribution in [0.2, 0.25) is 0 Å².